The van der Waals surface area contributed by atoms with E-state index in [4.69, 9.17) is 0 Å². The molecule has 2 heterocycles. The Labute approximate surface area is 173 Å². The summed E-state index contributed by atoms with van der Waals surface area (Å²) in [6, 6.07) is 24.5. The number of aliphatic hydroxyl groups is 1. The molecule has 5 nitrogen and oxygen atoms in total. The van der Waals surface area contributed by atoms with Crippen LogP contribution in [-0.4, -0.2) is 22.2 Å². The molecular formula is C25H19N3O2. The average molecular weight is 393 g/mol. The molecule has 5 rings (SSSR count). The van der Waals surface area contributed by atoms with E-state index < -0.39 is 6.23 Å². The lowest BCUT2D eigenvalue weighted by atomic mass is 9.99. The maximum Gasteiger partial charge on any atom is 0.255 e. The summed E-state index contributed by atoms with van der Waals surface area (Å²) in [6.07, 6.45) is 2.86. The maximum atomic E-state index is 12.7. The minimum Gasteiger partial charge on any atom is -0.369 e. The number of benzene rings is 3. The minimum absolute atomic E-state index is 0.195. The molecule has 3 aromatic carbocycles. The summed E-state index contributed by atoms with van der Waals surface area (Å²) >= 11 is 0. The molecule has 146 valence electrons. The first kappa shape index (κ1) is 18.1. The number of nitrogens with zero attached hydrogens (tertiary/aromatic N) is 1. The molecule has 0 radical (unpaired) electrons. The highest BCUT2D eigenvalue weighted by Gasteiger charge is 2.25. The Bertz CT molecular complexity index is 1280. The van der Waals surface area contributed by atoms with Gasteiger partial charge in [0, 0.05) is 39.7 Å². The first-order chi connectivity index (χ1) is 14.7. The summed E-state index contributed by atoms with van der Waals surface area (Å²) in [7, 11) is 0. The SMILES string of the molecule is O=C(Nc1ccccc1)c1ccc2c(c1)C(=Cc1ccnc3ccccc13)C(O)N2. The van der Waals surface area contributed by atoms with E-state index >= 15 is 0 Å². The minimum atomic E-state index is -0.848. The predicted octanol–water partition coefficient (Wildman–Crippen LogP) is 4.77. The van der Waals surface area contributed by atoms with Crippen LogP contribution in [0.2, 0.25) is 0 Å². The zero-order valence-corrected chi connectivity index (χ0v) is 16.0. The van der Waals surface area contributed by atoms with Gasteiger partial charge in [0.1, 0.15) is 0 Å². The molecule has 1 aliphatic heterocycles. The van der Waals surface area contributed by atoms with Crippen molar-refractivity contribution in [2.75, 3.05) is 10.6 Å². The van der Waals surface area contributed by atoms with Crippen molar-refractivity contribution < 1.29 is 9.90 Å². The zero-order valence-electron chi connectivity index (χ0n) is 16.0. The number of carbonyl (C=O) groups is 1. The largest absolute Gasteiger partial charge is 0.369 e. The molecule has 0 fully saturated rings. The normalized spacial score (nSPS) is 16.3. The van der Waals surface area contributed by atoms with E-state index in [1.807, 2.05) is 78.9 Å². The van der Waals surface area contributed by atoms with Crippen LogP contribution in [0.25, 0.3) is 22.6 Å². The zero-order chi connectivity index (χ0) is 20.5. The number of nitrogens with one attached hydrogen (secondary N) is 2. The Morgan fingerprint density at radius 1 is 1.00 bits per heavy atom. The summed E-state index contributed by atoms with van der Waals surface area (Å²) in [6.45, 7) is 0. The van der Waals surface area contributed by atoms with Crippen molar-refractivity contribution in [1.29, 1.82) is 0 Å². The van der Waals surface area contributed by atoms with Gasteiger partial charge in [-0.05, 0) is 54.1 Å². The van der Waals surface area contributed by atoms with Gasteiger partial charge in [-0.3, -0.25) is 9.78 Å². The van der Waals surface area contributed by atoms with Gasteiger partial charge in [-0.1, -0.05) is 36.4 Å². The van der Waals surface area contributed by atoms with Crippen molar-refractivity contribution in [3.05, 3.63) is 102 Å². The summed E-state index contributed by atoms with van der Waals surface area (Å²) < 4.78 is 0. The van der Waals surface area contributed by atoms with Gasteiger partial charge in [-0.25, -0.2) is 0 Å². The molecule has 3 N–H and O–H groups in total. The standard InChI is InChI=1S/C25H19N3O2/c29-24(27-18-6-2-1-3-7-18)17-10-11-23-20(15-17)21(25(30)28-23)14-16-12-13-26-22-9-5-4-8-19(16)22/h1-15,25,28,30H,(H,27,29). The van der Waals surface area contributed by atoms with E-state index in [2.05, 4.69) is 15.6 Å². The molecule has 0 saturated heterocycles. The van der Waals surface area contributed by atoms with Gasteiger partial charge >= 0.3 is 0 Å². The number of anilines is 2. The Balaban J connectivity index is 1.53. The molecule has 5 heteroatoms. The Morgan fingerprint density at radius 3 is 2.67 bits per heavy atom. The second kappa shape index (κ2) is 7.46. The van der Waals surface area contributed by atoms with Crippen molar-refractivity contribution in [3.8, 4) is 0 Å². The topological polar surface area (TPSA) is 74.2 Å². The summed E-state index contributed by atoms with van der Waals surface area (Å²) in [5.41, 5.74) is 5.44. The second-order valence-electron chi connectivity index (χ2n) is 7.14. The first-order valence-corrected chi connectivity index (χ1v) is 9.70. The fraction of sp³-hybridized carbons (Fsp3) is 0.0400. The lowest BCUT2D eigenvalue weighted by molar-refractivity contribution is 0.102. The van der Waals surface area contributed by atoms with E-state index in [0.717, 1.165) is 39.0 Å². The molecule has 0 spiro atoms. The molecule has 1 amide bonds. The van der Waals surface area contributed by atoms with Gasteiger partial charge in [-0.15, -0.1) is 0 Å². The third-order valence-corrected chi connectivity index (χ3v) is 5.21. The Kier molecular flexibility index (Phi) is 4.50. The van der Waals surface area contributed by atoms with Crippen molar-refractivity contribution in [3.63, 3.8) is 0 Å². The molecule has 30 heavy (non-hydrogen) atoms. The van der Waals surface area contributed by atoms with Crippen LogP contribution in [0.5, 0.6) is 0 Å². The van der Waals surface area contributed by atoms with Gasteiger partial charge < -0.3 is 15.7 Å². The number of fused-ring (bicyclic) bond motifs is 2. The van der Waals surface area contributed by atoms with E-state index in [0.29, 0.717) is 5.56 Å². The molecule has 0 saturated carbocycles. The lowest BCUT2D eigenvalue weighted by Gasteiger charge is -2.08. The number of amides is 1. The van der Waals surface area contributed by atoms with Crippen LogP contribution < -0.4 is 10.6 Å². The van der Waals surface area contributed by atoms with Gasteiger partial charge in [0.25, 0.3) is 5.91 Å². The van der Waals surface area contributed by atoms with Gasteiger partial charge in [0.05, 0.1) is 5.52 Å². The molecule has 4 aromatic rings. The summed E-state index contributed by atoms with van der Waals surface area (Å²) in [5.74, 6) is -0.195. The molecule has 1 unspecified atom stereocenters. The van der Waals surface area contributed by atoms with Crippen LogP contribution in [0, 0.1) is 0 Å². The van der Waals surface area contributed by atoms with Gasteiger partial charge in [-0.2, -0.15) is 0 Å². The van der Waals surface area contributed by atoms with E-state index in [1.54, 1.807) is 12.3 Å². The molecule has 0 aliphatic carbocycles. The third-order valence-electron chi connectivity index (χ3n) is 5.21. The smallest absolute Gasteiger partial charge is 0.255 e. The number of hydrogen-bond donors (Lipinski definition) is 3. The number of pyridine rings is 1. The van der Waals surface area contributed by atoms with Crippen LogP contribution in [0.3, 0.4) is 0 Å². The highest BCUT2D eigenvalue weighted by Crippen LogP contribution is 2.37. The fourth-order valence-electron chi connectivity index (χ4n) is 3.72. The van der Waals surface area contributed by atoms with Crippen LogP contribution in [0.4, 0.5) is 11.4 Å². The summed E-state index contributed by atoms with van der Waals surface area (Å²) in [4.78, 5) is 17.1. The molecule has 1 aliphatic rings. The van der Waals surface area contributed by atoms with Crippen LogP contribution in [0.15, 0.2) is 85.1 Å². The number of rotatable bonds is 3. The third kappa shape index (κ3) is 3.32. The molecule has 0 bridgehead atoms. The quantitative estimate of drug-likeness (QED) is 0.469. The van der Waals surface area contributed by atoms with Crippen molar-refractivity contribution >= 4 is 39.8 Å². The van der Waals surface area contributed by atoms with Gasteiger partial charge in [0.2, 0.25) is 0 Å². The molecule has 1 aromatic heterocycles. The number of aromatic nitrogens is 1. The second-order valence-corrected chi connectivity index (χ2v) is 7.14. The predicted molar refractivity (Wildman–Crippen MR) is 120 cm³/mol. The van der Waals surface area contributed by atoms with E-state index in [9.17, 15) is 9.90 Å². The fourth-order valence-corrected chi connectivity index (χ4v) is 3.72. The van der Waals surface area contributed by atoms with Crippen molar-refractivity contribution in [1.82, 2.24) is 4.98 Å². The summed E-state index contributed by atoms with van der Waals surface area (Å²) in [5, 5.41) is 17.6. The highest BCUT2D eigenvalue weighted by atomic mass is 16.3. The highest BCUT2D eigenvalue weighted by molar-refractivity contribution is 6.07. The lowest BCUT2D eigenvalue weighted by Crippen LogP contribution is -2.12. The van der Waals surface area contributed by atoms with Crippen LogP contribution in [-0.2, 0) is 0 Å². The number of para-hydroxylation sites is 2. The maximum absolute atomic E-state index is 12.7. The van der Waals surface area contributed by atoms with Crippen LogP contribution in [0.1, 0.15) is 21.5 Å². The Morgan fingerprint density at radius 2 is 1.80 bits per heavy atom. The number of aliphatic hydroxyl groups excluding tert-OH is 1. The average Bonchev–Trinajstić information content (AvgIpc) is 3.09. The molecular weight excluding hydrogens is 374 g/mol. The number of hydrogen-bond acceptors (Lipinski definition) is 4. The van der Waals surface area contributed by atoms with Crippen molar-refractivity contribution in [2.24, 2.45) is 0 Å². The van der Waals surface area contributed by atoms with E-state index in [-0.39, 0.29) is 5.91 Å². The molecule has 1 atom stereocenters. The monoisotopic (exact) mass is 393 g/mol. The van der Waals surface area contributed by atoms with Crippen molar-refractivity contribution in [2.45, 2.75) is 6.23 Å². The van der Waals surface area contributed by atoms with E-state index in [1.165, 1.54) is 0 Å². The first-order valence-electron chi connectivity index (χ1n) is 9.70. The number of carbonyl (C=O) groups excluding carboxylic acids is 1. The van der Waals surface area contributed by atoms with Gasteiger partial charge in [0.15, 0.2) is 6.23 Å². The Hall–Kier alpha value is -3.96. The van der Waals surface area contributed by atoms with Crippen LogP contribution >= 0.6 is 0 Å².